The van der Waals surface area contributed by atoms with E-state index in [4.69, 9.17) is 0 Å². The molecule has 0 radical (unpaired) electrons. The van der Waals surface area contributed by atoms with Crippen LogP contribution in [0.4, 0.5) is 0 Å². The molecular formula is C16H17NO. The summed E-state index contributed by atoms with van der Waals surface area (Å²) in [6.07, 6.45) is 6.91. The van der Waals surface area contributed by atoms with Crippen molar-refractivity contribution in [2.75, 3.05) is 0 Å². The maximum absolute atomic E-state index is 11.8. The Hall–Kier alpha value is -1.83. The molecule has 0 N–H and O–H groups in total. The summed E-state index contributed by atoms with van der Waals surface area (Å²) in [5, 5.41) is 0. The molecular weight excluding hydrogens is 222 g/mol. The highest BCUT2D eigenvalue weighted by molar-refractivity contribution is 5.98. The molecule has 1 aliphatic rings. The first kappa shape index (κ1) is 11.3. The van der Waals surface area contributed by atoms with Gasteiger partial charge in [-0.05, 0) is 36.5 Å². The Labute approximate surface area is 107 Å². The molecule has 1 heterocycles. The highest BCUT2D eigenvalue weighted by Crippen LogP contribution is 2.22. The summed E-state index contributed by atoms with van der Waals surface area (Å²) in [7, 11) is 0. The van der Waals surface area contributed by atoms with Crippen LogP contribution in [0.25, 0.3) is 0 Å². The minimum Gasteiger partial charge on any atom is -0.349 e. The molecule has 92 valence electrons. The summed E-state index contributed by atoms with van der Waals surface area (Å²) in [5.41, 5.74) is 4.78. The fourth-order valence-corrected chi connectivity index (χ4v) is 2.66. The quantitative estimate of drug-likeness (QED) is 0.787. The molecule has 0 amide bonds. The zero-order valence-corrected chi connectivity index (χ0v) is 10.6. The molecule has 1 aromatic heterocycles. The number of Topliss-reactive ketones (excluding diaryl/α,β-unsaturated/α-hetero) is 1. The van der Waals surface area contributed by atoms with E-state index in [1.165, 1.54) is 16.7 Å². The van der Waals surface area contributed by atoms with Crippen molar-refractivity contribution in [3.63, 3.8) is 0 Å². The number of aryl methyl sites for hydroxylation is 2. The van der Waals surface area contributed by atoms with Gasteiger partial charge in [0.15, 0.2) is 5.78 Å². The van der Waals surface area contributed by atoms with Crippen molar-refractivity contribution in [2.45, 2.75) is 32.7 Å². The second kappa shape index (κ2) is 4.45. The first-order valence-electron chi connectivity index (χ1n) is 6.50. The van der Waals surface area contributed by atoms with Crippen LogP contribution in [0, 0.1) is 6.92 Å². The van der Waals surface area contributed by atoms with Gasteiger partial charge >= 0.3 is 0 Å². The largest absolute Gasteiger partial charge is 0.349 e. The maximum atomic E-state index is 11.8. The van der Waals surface area contributed by atoms with E-state index in [-0.39, 0.29) is 0 Å². The average molecular weight is 239 g/mol. The molecule has 0 bridgehead atoms. The molecule has 1 aliphatic carbocycles. The fraction of sp³-hybridized carbons (Fsp3) is 0.312. The molecule has 0 saturated heterocycles. The standard InChI is InChI=1S/C16H17NO/c1-12-5-2-3-6-13(12)9-17-10-14-7-4-8-16(18)15(14)11-17/h2-3,5-6,10-11H,4,7-9H2,1H3. The number of carbonyl (C=O) groups excluding carboxylic acids is 1. The molecule has 0 saturated carbocycles. The highest BCUT2D eigenvalue weighted by Gasteiger charge is 2.19. The Morgan fingerprint density at radius 2 is 2.00 bits per heavy atom. The van der Waals surface area contributed by atoms with Crippen LogP contribution in [0.1, 0.15) is 39.9 Å². The summed E-state index contributed by atoms with van der Waals surface area (Å²) in [4.78, 5) is 11.8. The predicted molar refractivity (Wildman–Crippen MR) is 72.0 cm³/mol. The van der Waals surface area contributed by atoms with Gasteiger partial charge in [0.2, 0.25) is 0 Å². The number of fused-ring (bicyclic) bond motifs is 1. The highest BCUT2D eigenvalue weighted by atomic mass is 16.1. The Morgan fingerprint density at radius 1 is 1.17 bits per heavy atom. The number of nitrogens with zero attached hydrogens (tertiary/aromatic N) is 1. The van der Waals surface area contributed by atoms with Gasteiger partial charge in [-0.2, -0.15) is 0 Å². The number of ketones is 1. The Balaban J connectivity index is 1.90. The third-order valence-corrected chi connectivity index (χ3v) is 3.73. The second-order valence-corrected chi connectivity index (χ2v) is 5.07. The number of benzene rings is 1. The van der Waals surface area contributed by atoms with Crippen LogP contribution in [-0.4, -0.2) is 10.4 Å². The molecule has 2 aromatic rings. The van der Waals surface area contributed by atoms with Gasteiger partial charge in [0.1, 0.15) is 0 Å². The van der Waals surface area contributed by atoms with Crippen LogP contribution in [-0.2, 0) is 13.0 Å². The van der Waals surface area contributed by atoms with E-state index in [0.717, 1.165) is 24.9 Å². The third kappa shape index (κ3) is 1.99. The van der Waals surface area contributed by atoms with Crippen LogP contribution in [0.15, 0.2) is 36.7 Å². The number of rotatable bonds is 2. The Bertz CT molecular complexity index is 595. The third-order valence-electron chi connectivity index (χ3n) is 3.73. The van der Waals surface area contributed by atoms with Crippen molar-refractivity contribution in [3.05, 3.63) is 58.9 Å². The molecule has 1 aromatic carbocycles. The summed E-state index contributed by atoms with van der Waals surface area (Å²) in [6.45, 7) is 2.98. The molecule has 2 heteroatoms. The van der Waals surface area contributed by atoms with Crippen molar-refractivity contribution in [2.24, 2.45) is 0 Å². The van der Waals surface area contributed by atoms with Gasteiger partial charge in [-0.15, -0.1) is 0 Å². The normalized spacial score (nSPS) is 14.6. The monoisotopic (exact) mass is 239 g/mol. The van der Waals surface area contributed by atoms with Crippen molar-refractivity contribution in [1.29, 1.82) is 0 Å². The molecule has 0 unspecified atom stereocenters. The van der Waals surface area contributed by atoms with Crippen molar-refractivity contribution in [3.8, 4) is 0 Å². The molecule has 0 spiro atoms. The van der Waals surface area contributed by atoms with Gasteiger partial charge in [-0.3, -0.25) is 4.79 Å². The molecule has 3 rings (SSSR count). The lowest BCUT2D eigenvalue weighted by Gasteiger charge is -2.07. The van der Waals surface area contributed by atoms with E-state index in [1.54, 1.807) is 0 Å². The van der Waals surface area contributed by atoms with Gasteiger partial charge in [-0.1, -0.05) is 24.3 Å². The minimum atomic E-state index is 0.305. The smallest absolute Gasteiger partial charge is 0.164 e. The molecule has 2 nitrogen and oxygen atoms in total. The van der Waals surface area contributed by atoms with E-state index in [0.29, 0.717) is 12.2 Å². The van der Waals surface area contributed by atoms with Crippen LogP contribution >= 0.6 is 0 Å². The van der Waals surface area contributed by atoms with Gasteiger partial charge in [0, 0.05) is 30.9 Å². The lowest BCUT2D eigenvalue weighted by atomic mass is 9.95. The molecule has 0 atom stereocenters. The van der Waals surface area contributed by atoms with Gasteiger partial charge < -0.3 is 4.57 Å². The number of hydrogen-bond acceptors (Lipinski definition) is 1. The summed E-state index contributed by atoms with van der Waals surface area (Å²) in [6, 6.07) is 8.40. The fourth-order valence-electron chi connectivity index (χ4n) is 2.66. The van der Waals surface area contributed by atoms with E-state index in [2.05, 4.69) is 42.0 Å². The van der Waals surface area contributed by atoms with Crippen LogP contribution in [0.2, 0.25) is 0 Å². The van der Waals surface area contributed by atoms with Gasteiger partial charge in [-0.25, -0.2) is 0 Å². The van der Waals surface area contributed by atoms with Crippen LogP contribution < -0.4 is 0 Å². The first-order chi connectivity index (χ1) is 8.74. The first-order valence-corrected chi connectivity index (χ1v) is 6.50. The Morgan fingerprint density at radius 3 is 2.78 bits per heavy atom. The topological polar surface area (TPSA) is 22.0 Å². The number of aromatic nitrogens is 1. The lowest BCUT2D eigenvalue weighted by Crippen LogP contribution is -2.07. The minimum absolute atomic E-state index is 0.305. The van der Waals surface area contributed by atoms with Crippen molar-refractivity contribution < 1.29 is 4.79 Å². The molecule has 0 fully saturated rings. The van der Waals surface area contributed by atoms with E-state index < -0.39 is 0 Å². The van der Waals surface area contributed by atoms with E-state index >= 15 is 0 Å². The SMILES string of the molecule is Cc1ccccc1Cn1cc2c(c1)C(=O)CCC2. The zero-order chi connectivity index (χ0) is 12.5. The summed E-state index contributed by atoms with van der Waals surface area (Å²) >= 11 is 0. The summed E-state index contributed by atoms with van der Waals surface area (Å²) < 4.78 is 2.15. The van der Waals surface area contributed by atoms with E-state index in [9.17, 15) is 4.79 Å². The van der Waals surface area contributed by atoms with Crippen LogP contribution in [0.3, 0.4) is 0 Å². The number of carbonyl (C=O) groups is 1. The van der Waals surface area contributed by atoms with Gasteiger partial charge in [0.05, 0.1) is 0 Å². The zero-order valence-electron chi connectivity index (χ0n) is 10.6. The molecule has 18 heavy (non-hydrogen) atoms. The molecule has 0 aliphatic heterocycles. The van der Waals surface area contributed by atoms with Crippen LogP contribution in [0.5, 0.6) is 0 Å². The maximum Gasteiger partial charge on any atom is 0.164 e. The average Bonchev–Trinajstić information content (AvgIpc) is 2.76. The lowest BCUT2D eigenvalue weighted by molar-refractivity contribution is 0.0973. The van der Waals surface area contributed by atoms with E-state index in [1.807, 2.05) is 6.20 Å². The van der Waals surface area contributed by atoms with Crippen molar-refractivity contribution >= 4 is 5.78 Å². The van der Waals surface area contributed by atoms with Gasteiger partial charge in [0.25, 0.3) is 0 Å². The number of hydrogen-bond donors (Lipinski definition) is 0. The second-order valence-electron chi connectivity index (χ2n) is 5.07. The Kier molecular flexibility index (Phi) is 2.78. The van der Waals surface area contributed by atoms with Crippen molar-refractivity contribution in [1.82, 2.24) is 4.57 Å². The predicted octanol–water partition coefficient (Wildman–Crippen LogP) is 3.36. The summed E-state index contributed by atoms with van der Waals surface area (Å²) in [5.74, 6) is 0.305.